The first kappa shape index (κ1) is 13.3. The minimum atomic E-state index is -0.000690. The fourth-order valence-electron chi connectivity index (χ4n) is 3.26. The molecule has 0 radical (unpaired) electrons. The lowest BCUT2D eigenvalue weighted by molar-refractivity contribution is 0.0342. The zero-order chi connectivity index (χ0) is 12.1. The SMILES string of the molecule is CN(CC1(N)CCOCC1)C1CCCCCC1. The van der Waals surface area contributed by atoms with Crippen LogP contribution in [0.1, 0.15) is 51.4 Å². The normalized spacial score (nSPS) is 27.0. The second kappa shape index (κ2) is 6.17. The predicted molar refractivity (Wildman–Crippen MR) is 71.1 cm³/mol. The molecule has 0 amide bonds. The van der Waals surface area contributed by atoms with Crippen LogP contribution in [0.4, 0.5) is 0 Å². The van der Waals surface area contributed by atoms with Crippen molar-refractivity contribution in [2.24, 2.45) is 5.73 Å². The summed E-state index contributed by atoms with van der Waals surface area (Å²) in [6, 6.07) is 0.765. The van der Waals surface area contributed by atoms with E-state index in [1.807, 2.05) is 0 Å². The lowest BCUT2D eigenvalue weighted by Crippen LogP contribution is -2.54. The van der Waals surface area contributed by atoms with Crippen LogP contribution >= 0.6 is 0 Å². The lowest BCUT2D eigenvalue weighted by Gasteiger charge is -2.39. The summed E-state index contributed by atoms with van der Waals surface area (Å²) in [6.45, 7) is 2.73. The third-order valence-electron chi connectivity index (χ3n) is 4.50. The molecule has 2 N–H and O–H groups in total. The van der Waals surface area contributed by atoms with Gasteiger partial charge in [-0.25, -0.2) is 0 Å². The molecule has 0 unspecified atom stereocenters. The highest BCUT2D eigenvalue weighted by atomic mass is 16.5. The Balaban J connectivity index is 1.83. The topological polar surface area (TPSA) is 38.5 Å². The van der Waals surface area contributed by atoms with Crippen molar-refractivity contribution in [2.45, 2.75) is 62.9 Å². The van der Waals surface area contributed by atoms with Gasteiger partial charge in [0.2, 0.25) is 0 Å². The van der Waals surface area contributed by atoms with E-state index in [4.69, 9.17) is 10.5 Å². The quantitative estimate of drug-likeness (QED) is 0.768. The molecule has 2 aliphatic rings. The van der Waals surface area contributed by atoms with Crippen LogP contribution in [0.25, 0.3) is 0 Å². The molecule has 1 aliphatic heterocycles. The molecule has 0 aromatic heterocycles. The summed E-state index contributed by atoms with van der Waals surface area (Å²) in [5.41, 5.74) is 6.48. The van der Waals surface area contributed by atoms with Gasteiger partial charge in [0.25, 0.3) is 0 Å². The maximum absolute atomic E-state index is 6.48. The predicted octanol–water partition coefficient (Wildman–Crippen LogP) is 2.15. The van der Waals surface area contributed by atoms with E-state index in [1.54, 1.807) is 0 Å². The van der Waals surface area contributed by atoms with Gasteiger partial charge < -0.3 is 15.4 Å². The summed E-state index contributed by atoms with van der Waals surface area (Å²) in [5.74, 6) is 0. The van der Waals surface area contributed by atoms with E-state index in [0.717, 1.165) is 38.6 Å². The molecular formula is C14H28N2O. The van der Waals surface area contributed by atoms with Gasteiger partial charge in [0, 0.05) is 31.3 Å². The molecule has 1 heterocycles. The van der Waals surface area contributed by atoms with Crippen molar-refractivity contribution in [3.8, 4) is 0 Å². The molecule has 1 aliphatic carbocycles. The number of rotatable bonds is 3. The van der Waals surface area contributed by atoms with Gasteiger partial charge in [0.1, 0.15) is 0 Å². The molecule has 3 nitrogen and oxygen atoms in total. The van der Waals surface area contributed by atoms with Crippen LogP contribution in [0, 0.1) is 0 Å². The number of hydrogen-bond acceptors (Lipinski definition) is 3. The monoisotopic (exact) mass is 240 g/mol. The maximum atomic E-state index is 6.48. The van der Waals surface area contributed by atoms with E-state index in [9.17, 15) is 0 Å². The van der Waals surface area contributed by atoms with Gasteiger partial charge in [0.05, 0.1) is 0 Å². The molecule has 0 bridgehead atoms. The van der Waals surface area contributed by atoms with E-state index in [0.29, 0.717) is 0 Å². The largest absolute Gasteiger partial charge is 0.381 e. The van der Waals surface area contributed by atoms with E-state index in [2.05, 4.69) is 11.9 Å². The highest BCUT2D eigenvalue weighted by molar-refractivity contribution is 4.90. The Kier molecular flexibility index (Phi) is 4.83. The smallest absolute Gasteiger partial charge is 0.0484 e. The van der Waals surface area contributed by atoms with Crippen LogP contribution in [0.15, 0.2) is 0 Å². The molecule has 100 valence electrons. The molecule has 0 atom stereocenters. The number of hydrogen-bond donors (Lipinski definition) is 1. The zero-order valence-corrected chi connectivity index (χ0v) is 11.3. The number of nitrogens with zero attached hydrogens (tertiary/aromatic N) is 1. The van der Waals surface area contributed by atoms with Crippen molar-refractivity contribution in [2.75, 3.05) is 26.8 Å². The highest BCUT2D eigenvalue weighted by Gasteiger charge is 2.31. The summed E-state index contributed by atoms with van der Waals surface area (Å²) < 4.78 is 5.41. The van der Waals surface area contributed by atoms with E-state index >= 15 is 0 Å². The van der Waals surface area contributed by atoms with Crippen LogP contribution in [0.3, 0.4) is 0 Å². The first-order valence-electron chi connectivity index (χ1n) is 7.26. The van der Waals surface area contributed by atoms with Gasteiger partial charge in [-0.2, -0.15) is 0 Å². The third kappa shape index (κ3) is 3.94. The average Bonchev–Trinajstić information content (AvgIpc) is 2.57. The Bertz CT molecular complexity index is 218. The van der Waals surface area contributed by atoms with Crippen molar-refractivity contribution < 1.29 is 4.74 Å². The minimum absolute atomic E-state index is 0.000690. The van der Waals surface area contributed by atoms with Crippen molar-refractivity contribution in [3.05, 3.63) is 0 Å². The number of likely N-dealkylation sites (N-methyl/N-ethyl adjacent to an activating group) is 1. The fourth-order valence-corrected chi connectivity index (χ4v) is 3.26. The summed E-state index contributed by atoms with van der Waals surface area (Å²) in [4.78, 5) is 2.52. The van der Waals surface area contributed by atoms with Crippen LogP contribution in [0.5, 0.6) is 0 Å². The summed E-state index contributed by atoms with van der Waals surface area (Å²) in [6.07, 6.45) is 10.4. The van der Waals surface area contributed by atoms with Gasteiger partial charge >= 0.3 is 0 Å². The maximum Gasteiger partial charge on any atom is 0.0484 e. The molecule has 0 aromatic rings. The molecule has 1 saturated carbocycles. The second-order valence-corrected chi connectivity index (χ2v) is 6.04. The molecule has 0 spiro atoms. The Labute approximate surface area is 106 Å². The zero-order valence-electron chi connectivity index (χ0n) is 11.3. The number of nitrogens with two attached hydrogens (primary N) is 1. The fraction of sp³-hybridized carbons (Fsp3) is 1.00. The molecule has 2 fully saturated rings. The highest BCUT2D eigenvalue weighted by Crippen LogP contribution is 2.24. The minimum Gasteiger partial charge on any atom is -0.381 e. The standard InChI is InChI=1S/C14H28N2O/c1-16(13-6-4-2-3-5-7-13)12-14(15)8-10-17-11-9-14/h13H,2-12,15H2,1H3. The molecular weight excluding hydrogens is 212 g/mol. The van der Waals surface area contributed by atoms with Crippen molar-refractivity contribution in [3.63, 3.8) is 0 Å². The Morgan fingerprint density at radius 3 is 2.29 bits per heavy atom. The van der Waals surface area contributed by atoms with E-state index < -0.39 is 0 Å². The van der Waals surface area contributed by atoms with Crippen molar-refractivity contribution in [1.82, 2.24) is 4.90 Å². The third-order valence-corrected chi connectivity index (χ3v) is 4.50. The summed E-state index contributed by atoms with van der Waals surface area (Å²) in [5, 5.41) is 0. The van der Waals surface area contributed by atoms with Gasteiger partial charge in [-0.15, -0.1) is 0 Å². The summed E-state index contributed by atoms with van der Waals surface area (Å²) >= 11 is 0. The molecule has 3 heteroatoms. The van der Waals surface area contributed by atoms with Crippen LogP contribution in [0.2, 0.25) is 0 Å². The Morgan fingerprint density at radius 1 is 1.12 bits per heavy atom. The van der Waals surface area contributed by atoms with Gasteiger partial charge in [-0.1, -0.05) is 25.7 Å². The average molecular weight is 240 g/mol. The molecule has 1 saturated heterocycles. The first-order valence-corrected chi connectivity index (χ1v) is 7.26. The second-order valence-electron chi connectivity index (χ2n) is 6.04. The lowest BCUT2D eigenvalue weighted by atomic mass is 9.90. The van der Waals surface area contributed by atoms with Gasteiger partial charge in [-0.05, 0) is 32.7 Å². The first-order chi connectivity index (χ1) is 8.20. The number of ether oxygens (including phenoxy) is 1. The van der Waals surface area contributed by atoms with Crippen LogP contribution < -0.4 is 5.73 Å². The van der Waals surface area contributed by atoms with Gasteiger partial charge in [-0.3, -0.25) is 0 Å². The van der Waals surface area contributed by atoms with Crippen LogP contribution in [-0.4, -0.2) is 43.3 Å². The van der Waals surface area contributed by atoms with Crippen molar-refractivity contribution >= 4 is 0 Å². The molecule has 17 heavy (non-hydrogen) atoms. The van der Waals surface area contributed by atoms with Gasteiger partial charge in [0.15, 0.2) is 0 Å². The van der Waals surface area contributed by atoms with Crippen molar-refractivity contribution in [1.29, 1.82) is 0 Å². The van der Waals surface area contributed by atoms with E-state index in [-0.39, 0.29) is 5.54 Å². The molecule has 2 rings (SSSR count). The Morgan fingerprint density at radius 2 is 1.71 bits per heavy atom. The van der Waals surface area contributed by atoms with Crippen LogP contribution in [-0.2, 0) is 4.74 Å². The summed E-state index contributed by atoms with van der Waals surface area (Å²) in [7, 11) is 2.26. The Hall–Kier alpha value is -0.120. The van der Waals surface area contributed by atoms with E-state index in [1.165, 1.54) is 38.5 Å². The molecule has 0 aromatic carbocycles.